The van der Waals surface area contributed by atoms with Crippen LogP contribution < -0.4 is 0 Å². The van der Waals surface area contributed by atoms with E-state index in [9.17, 15) is 4.79 Å². The van der Waals surface area contributed by atoms with Crippen molar-refractivity contribution in [2.75, 3.05) is 0 Å². The molecule has 0 radical (unpaired) electrons. The van der Waals surface area contributed by atoms with Crippen LogP contribution in [-0.2, 0) is 16.0 Å². The highest BCUT2D eigenvalue weighted by atomic mass is 16.5. The molecule has 1 rings (SSSR count). The van der Waals surface area contributed by atoms with Crippen LogP contribution in [0.25, 0.3) is 0 Å². The maximum atomic E-state index is 11.2. The Kier molecular flexibility index (Phi) is 7.33. The number of rotatable bonds is 3. The summed E-state index contributed by atoms with van der Waals surface area (Å²) in [5.74, 6) is -0.166. The Balaban J connectivity index is 0.000000921. The first-order chi connectivity index (χ1) is 7.18. The molecule has 2 nitrogen and oxygen atoms in total. The highest BCUT2D eigenvalue weighted by Gasteiger charge is 2.05. The molecular formula is C13H20O2. The molecule has 0 saturated heterocycles. The average Bonchev–Trinajstić information content (AvgIpc) is 2.21. The summed E-state index contributed by atoms with van der Waals surface area (Å²) in [6.07, 6.45) is 0.329. The van der Waals surface area contributed by atoms with Crippen molar-refractivity contribution in [1.29, 1.82) is 0 Å². The Bertz CT molecular complexity index is 265. The Morgan fingerprint density at radius 1 is 1.20 bits per heavy atom. The summed E-state index contributed by atoms with van der Waals surface area (Å²) < 4.78 is 5.02. The van der Waals surface area contributed by atoms with E-state index < -0.39 is 0 Å². The second-order valence-corrected chi connectivity index (χ2v) is 3.20. The topological polar surface area (TPSA) is 26.3 Å². The molecule has 0 heterocycles. The van der Waals surface area contributed by atoms with Crippen molar-refractivity contribution >= 4 is 5.97 Å². The predicted molar refractivity (Wildman–Crippen MR) is 62.7 cm³/mol. The molecule has 1 aromatic carbocycles. The fourth-order valence-electron chi connectivity index (χ4n) is 1.07. The molecule has 0 unspecified atom stereocenters. The normalized spacial score (nSPS) is 9.13. The van der Waals surface area contributed by atoms with Crippen molar-refractivity contribution in [1.82, 2.24) is 0 Å². The second-order valence-electron chi connectivity index (χ2n) is 3.20. The third kappa shape index (κ3) is 6.72. The van der Waals surface area contributed by atoms with Crippen LogP contribution in [0.2, 0.25) is 0 Å². The lowest BCUT2D eigenvalue weighted by atomic mass is 10.2. The van der Waals surface area contributed by atoms with Gasteiger partial charge in [0.05, 0.1) is 12.5 Å². The second kappa shape index (κ2) is 8.04. The van der Waals surface area contributed by atoms with Gasteiger partial charge in [0.2, 0.25) is 0 Å². The SMILES string of the molecule is CC.CC(C)OC(=O)Cc1ccccc1. The largest absolute Gasteiger partial charge is 0.463 e. The van der Waals surface area contributed by atoms with Crippen molar-refractivity contribution in [3.63, 3.8) is 0 Å². The molecule has 0 bridgehead atoms. The molecule has 0 atom stereocenters. The van der Waals surface area contributed by atoms with Crippen molar-refractivity contribution in [3.8, 4) is 0 Å². The van der Waals surface area contributed by atoms with Crippen LogP contribution in [0.5, 0.6) is 0 Å². The molecule has 84 valence electrons. The maximum Gasteiger partial charge on any atom is 0.310 e. The van der Waals surface area contributed by atoms with Crippen LogP contribution >= 0.6 is 0 Å². The molecule has 2 heteroatoms. The van der Waals surface area contributed by atoms with Crippen LogP contribution in [0.3, 0.4) is 0 Å². The van der Waals surface area contributed by atoms with E-state index in [1.54, 1.807) is 0 Å². The van der Waals surface area contributed by atoms with E-state index in [2.05, 4.69) is 0 Å². The highest BCUT2D eigenvalue weighted by Crippen LogP contribution is 2.01. The molecule has 0 aliphatic heterocycles. The zero-order valence-electron chi connectivity index (χ0n) is 9.99. The van der Waals surface area contributed by atoms with E-state index in [0.717, 1.165) is 5.56 Å². The Morgan fingerprint density at radius 2 is 1.73 bits per heavy atom. The van der Waals surface area contributed by atoms with Crippen LogP contribution in [0.15, 0.2) is 30.3 Å². The highest BCUT2D eigenvalue weighted by molar-refractivity contribution is 5.72. The molecule has 0 spiro atoms. The summed E-state index contributed by atoms with van der Waals surface area (Å²) >= 11 is 0. The van der Waals surface area contributed by atoms with Gasteiger partial charge in [-0.15, -0.1) is 0 Å². The van der Waals surface area contributed by atoms with Gasteiger partial charge in [0, 0.05) is 0 Å². The third-order valence-corrected chi connectivity index (χ3v) is 1.56. The number of carbonyl (C=O) groups excluding carboxylic acids is 1. The molecule has 0 fully saturated rings. The first-order valence-electron chi connectivity index (χ1n) is 5.42. The number of benzene rings is 1. The molecule has 1 aromatic rings. The Morgan fingerprint density at radius 3 is 2.20 bits per heavy atom. The summed E-state index contributed by atoms with van der Waals surface area (Å²) in [7, 11) is 0. The van der Waals surface area contributed by atoms with Crippen molar-refractivity contribution < 1.29 is 9.53 Å². The summed E-state index contributed by atoms with van der Waals surface area (Å²) in [4.78, 5) is 11.2. The van der Waals surface area contributed by atoms with E-state index in [-0.39, 0.29) is 12.1 Å². The Labute approximate surface area is 92.3 Å². The van der Waals surface area contributed by atoms with Gasteiger partial charge in [0.1, 0.15) is 0 Å². The van der Waals surface area contributed by atoms with Gasteiger partial charge in [-0.25, -0.2) is 0 Å². The fourth-order valence-corrected chi connectivity index (χ4v) is 1.07. The summed E-state index contributed by atoms with van der Waals surface area (Å²) in [6, 6.07) is 9.59. The first-order valence-corrected chi connectivity index (χ1v) is 5.42. The lowest BCUT2D eigenvalue weighted by Gasteiger charge is -2.07. The number of hydrogen-bond acceptors (Lipinski definition) is 2. The van der Waals surface area contributed by atoms with E-state index >= 15 is 0 Å². The lowest BCUT2D eigenvalue weighted by Crippen LogP contribution is -2.13. The smallest absolute Gasteiger partial charge is 0.310 e. The molecule has 0 N–H and O–H groups in total. The van der Waals surface area contributed by atoms with E-state index in [1.165, 1.54) is 0 Å². The van der Waals surface area contributed by atoms with Crippen LogP contribution in [-0.4, -0.2) is 12.1 Å². The van der Waals surface area contributed by atoms with Crippen LogP contribution in [0, 0.1) is 0 Å². The molecule has 15 heavy (non-hydrogen) atoms. The predicted octanol–water partition coefficient (Wildman–Crippen LogP) is 3.21. The molecule has 0 aliphatic rings. The van der Waals surface area contributed by atoms with E-state index in [4.69, 9.17) is 4.74 Å². The van der Waals surface area contributed by atoms with Gasteiger partial charge < -0.3 is 4.74 Å². The molecular weight excluding hydrogens is 188 g/mol. The van der Waals surface area contributed by atoms with Crippen molar-refractivity contribution in [2.24, 2.45) is 0 Å². The number of ether oxygens (including phenoxy) is 1. The lowest BCUT2D eigenvalue weighted by molar-refractivity contribution is -0.146. The third-order valence-electron chi connectivity index (χ3n) is 1.56. The van der Waals surface area contributed by atoms with Gasteiger partial charge in [0.25, 0.3) is 0 Å². The van der Waals surface area contributed by atoms with E-state index in [1.807, 2.05) is 58.0 Å². The van der Waals surface area contributed by atoms with Crippen LogP contribution in [0.1, 0.15) is 33.3 Å². The van der Waals surface area contributed by atoms with Gasteiger partial charge >= 0.3 is 5.97 Å². The summed E-state index contributed by atoms with van der Waals surface area (Å²) in [5, 5.41) is 0. The standard InChI is InChI=1S/C11H14O2.C2H6/c1-9(2)13-11(12)8-10-6-4-3-5-7-10;1-2/h3-7,9H,8H2,1-2H3;1-2H3. The quantitative estimate of drug-likeness (QED) is 0.713. The van der Waals surface area contributed by atoms with Gasteiger partial charge in [0.15, 0.2) is 0 Å². The monoisotopic (exact) mass is 208 g/mol. The van der Waals surface area contributed by atoms with Gasteiger partial charge in [-0.1, -0.05) is 44.2 Å². The zero-order valence-corrected chi connectivity index (χ0v) is 9.99. The summed E-state index contributed by atoms with van der Waals surface area (Å²) in [6.45, 7) is 7.70. The summed E-state index contributed by atoms with van der Waals surface area (Å²) in [5.41, 5.74) is 0.994. The maximum absolute atomic E-state index is 11.2. The number of hydrogen-bond donors (Lipinski definition) is 0. The van der Waals surface area contributed by atoms with Crippen LogP contribution in [0.4, 0.5) is 0 Å². The average molecular weight is 208 g/mol. The van der Waals surface area contributed by atoms with Crippen molar-refractivity contribution in [2.45, 2.75) is 40.2 Å². The minimum atomic E-state index is -0.166. The number of esters is 1. The Hall–Kier alpha value is -1.31. The minimum absolute atomic E-state index is 0.0313. The molecule has 0 aromatic heterocycles. The van der Waals surface area contributed by atoms with Gasteiger partial charge in [-0.05, 0) is 19.4 Å². The van der Waals surface area contributed by atoms with E-state index in [0.29, 0.717) is 6.42 Å². The molecule has 0 amide bonds. The molecule has 0 aliphatic carbocycles. The van der Waals surface area contributed by atoms with Crippen molar-refractivity contribution in [3.05, 3.63) is 35.9 Å². The van der Waals surface area contributed by atoms with Gasteiger partial charge in [-0.3, -0.25) is 4.79 Å². The number of carbonyl (C=O) groups is 1. The zero-order chi connectivity index (χ0) is 11.7. The van der Waals surface area contributed by atoms with Gasteiger partial charge in [-0.2, -0.15) is 0 Å². The first kappa shape index (κ1) is 13.7. The fraction of sp³-hybridized carbons (Fsp3) is 0.462. The minimum Gasteiger partial charge on any atom is -0.463 e. The molecule has 0 saturated carbocycles.